The molecule has 1 aromatic rings. The minimum absolute atomic E-state index is 0.00690. The third kappa shape index (κ3) is 2.16. The van der Waals surface area contributed by atoms with Gasteiger partial charge in [0.15, 0.2) is 9.84 Å². The van der Waals surface area contributed by atoms with Gasteiger partial charge in [0, 0.05) is 16.3 Å². The van der Waals surface area contributed by atoms with Crippen LogP contribution in [0.2, 0.25) is 0 Å². The Morgan fingerprint density at radius 2 is 2.29 bits per heavy atom. The molecule has 14 heavy (non-hydrogen) atoms. The molecule has 0 aliphatic carbocycles. The molecule has 78 valence electrons. The van der Waals surface area contributed by atoms with E-state index in [4.69, 9.17) is 0 Å². The van der Waals surface area contributed by atoms with Crippen molar-refractivity contribution in [2.75, 3.05) is 18.1 Å². The van der Waals surface area contributed by atoms with Crippen LogP contribution in [-0.2, 0) is 9.84 Å². The van der Waals surface area contributed by atoms with E-state index in [0.29, 0.717) is 6.54 Å². The summed E-state index contributed by atoms with van der Waals surface area (Å²) in [6.45, 7) is 2.61. The molecule has 3 nitrogen and oxygen atoms in total. The Bertz CT molecular complexity index is 422. The van der Waals surface area contributed by atoms with Crippen LogP contribution in [0.3, 0.4) is 0 Å². The molecule has 0 bridgehead atoms. The summed E-state index contributed by atoms with van der Waals surface area (Å²) in [6, 6.07) is 4.05. The highest BCUT2D eigenvalue weighted by molar-refractivity contribution is 7.91. The summed E-state index contributed by atoms with van der Waals surface area (Å²) in [6.07, 6.45) is 0. The maximum absolute atomic E-state index is 11.4. The first-order valence-corrected chi connectivity index (χ1v) is 7.21. The van der Waals surface area contributed by atoms with Crippen LogP contribution in [0.15, 0.2) is 12.1 Å². The van der Waals surface area contributed by atoms with E-state index in [1.54, 1.807) is 11.3 Å². The molecule has 1 aromatic heterocycles. The molecule has 1 unspecified atom stereocenters. The maximum Gasteiger partial charge on any atom is 0.153 e. The Balaban J connectivity index is 2.20. The van der Waals surface area contributed by atoms with Gasteiger partial charge in [0.2, 0.25) is 0 Å². The fourth-order valence-electron chi connectivity index (χ4n) is 1.61. The van der Waals surface area contributed by atoms with Crippen LogP contribution in [0.25, 0.3) is 0 Å². The van der Waals surface area contributed by atoms with Gasteiger partial charge in [-0.3, -0.25) is 0 Å². The minimum atomic E-state index is -2.83. The van der Waals surface area contributed by atoms with E-state index >= 15 is 0 Å². The zero-order valence-corrected chi connectivity index (χ0v) is 9.62. The number of sulfone groups is 1. The lowest BCUT2D eigenvalue weighted by molar-refractivity contribution is 0.535. The molecule has 1 fully saturated rings. The van der Waals surface area contributed by atoms with Gasteiger partial charge < -0.3 is 5.32 Å². The highest BCUT2D eigenvalue weighted by Gasteiger charge is 2.25. The predicted octanol–water partition coefficient (Wildman–Crippen LogP) is 1.12. The lowest BCUT2D eigenvalue weighted by Crippen LogP contribution is -2.38. The van der Waals surface area contributed by atoms with E-state index < -0.39 is 9.84 Å². The lowest BCUT2D eigenvalue weighted by atomic mass is 10.2. The third-order valence-electron chi connectivity index (χ3n) is 2.33. The van der Waals surface area contributed by atoms with Crippen molar-refractivity contribution >= 4 is 21.2 Å². The van der Waals surface area contributed by atoms with Crippen LogP contribution in [0, 0.1) is 6.92 Å². The SMILES string of the molecule is Cc1ccc(C2CS(=O)(=O)CCN2)s1. The molecule has 2 rings (SSSR count). The smallest absolute Gasteiger partial charge is 0.153 e. The van der Waals surface area contributed by atoms with Crippen molar-refractivity contribution in [3.63, 3.8) is 0 Å². The number of aryl methyl sites for hydroxylation is 1. The average molecular weight is 231 g/mol. The first kappa shape index (κ1) is 10.1. The zero-order chi connectivity index (χ0) is 10.2. The van der Waals surface area contributed by atoms with E-state index in [9.17, 15) is 8.42 Å². The highest BCUT2D eigenvalue weighted by atomic mass is 32.2. The van der Waals surface area contributed by atoms with Gasteiger partial charge in [-0.05, 0) is 19.1 Å². The Labute approximate surface area is 88.1 Å². The van der Waals surface area contributed by atoms with Crippen molar-refractivity contribution in [3.05, 3.63) is 21.9 Å². The zero-order valence-electron chi connectivity index (χ0n) is 7.99. The first-order chi connectivity index (χ1) is 6.57. The Morgan fingerprint density at radius 1 is 1.50 bits per heavy atom. The first-order valence-electron chi connectivity index (χ1n) is 4.57. The van der Waals surface area contributed by atoms with Crippen molar-refractivity contribution in [1.29, 1.82) is 0 Å². The minimum Gasteiger partial charge on any atom is -0.307 e. The Kier molecular flexibility index (Phi) is 2.64. The van der Waals surface area contributed by atoms with Crippen molar-refractivity contribution in [3.8, 4) is 0 Å². The molecule has 0 spiro atoms. The molecule has 1 atom stereocenters. The summed E-state index contributed by atoms with van der Waals surface area (Å²) in [5.41, 5.74) is 0. The summed E-state index contributed by atoms with van der Waals surface area (Å²) >= 11 is 1.67. The second-order valence-electron chi connectivity index (χ2n) is 3.57. The molecule has 5 heteroatoms. The molecule has 2 heterocycles. The largest absolute Gasteiger partial charge is 0.307 e. The molecule has 1 N–H and O–H groups in total. The molecular formula is C9H13NO2S2. The fraction of sp³-hybridized carbons (Fsp3) is 0.556. The summed E-state index contributed by atoms with van der Waals surface area (Å²) in [4.78, 5) is 2.36. The van der Waals surface area contributed by atoms with E-state index in [2.05, 4.69) is 5.32 Å². The third-order valence-corrected chi connectivity index (χ3v) is 5.11. The van der Waals surface area contributed by atoms with Gasteiger partial charge >= 0.3 is 0 Å². The second-order valence-corrected chi connectivity index (χ2v) is 7.12. The van der Waals surface area contributed by atoms with E-state index in [1.807, 2.05) is 19.1 Å². The second kappa shape index (κ2) is 3.64. The monoisotopic (exact) mass is 231 g/mol. The Morgan fingerprint density at radius 3 is 2.86 bits per heavy atom. The number of hydrogen-bond donors (Lipinski definition) is 1. The van der Waals surface area contributed by atoms with E-state index in [1.165, 1.54) is 4.88 Å². The van der Waals surface area contributed by atoms with Gasteiger partial charge in [0.05, 0.1) is 17.5 Å². The van der Waals surface area contributed by atoms with Gasteiger partial charge in [0.25, 0.3) is 0 Å². The van der Waals surface area contributed by atoms with Crippen LogP contribution >= 0.6 is 11.3 Å². The van der Waals surface area contributed by atoms with Crippen LogP contribution in [0.1, 0.15) is 15.8 Å². The topological polar surface area (TPSA) is 46.2 Å². The van der Waals surface area contributed by atoms with E-state index in [0.717, 1.165) is 4.88 Å². The molecule has 0 saturated carbocycles. The van der Waals surface area contributed by atoms with Crippen LogP contribution in [0.4, 0.5) is 0 Å². The molecule has 1 saturated heterocycles. The maximum atomic E-state index is 11.4. The molecule has 0 radical (unpaired) electrons. The highest BCUT2D eigenvalue weighted by Crippen LogP contribution is 2.25. The summed E-state index contributed by atoms with van der Waals surface area (Å²) in [5.74, 6) is 0.515. The van der Waals surface area contributed by atoms with Crippen molar-refractivity contribution in [2.45, 2.75) is 13.0 Å². The van der Waals surface area contributed by atoms with Crippen molar-refractivity contribution in [1.82, 2.24) is 5.32 Å². The number of rotatable bonds is 1. The molecule has 1 aliphatic heterocycles. The summed E-state index contributed by atoms with van der Waals surface area (Å²) < 4.78 is 22.8. The fourth-order valence-corrected chi connectivity index (χ4v) is 4.07. The van der Waals surface area contributed by atoms with Crippen LogP contribution < -0.4 is 5.32 Å². The lowest BCUT2D eigenvalue weighted by Gasteiger charge is -2.22. The summed E-state index contributed by atoms with van der Waals surface area (Å²) in [7, 11) is -2.83. The van der Waals surface area contributed by atoms with Gasteiger partial charge in [-0.2, -0.15) is 0 Å². The normalized spacial score (nSPS) is 26.2. The summed E-state index contributed by atoms with van der Waals surface area (Å²) in [5, 5.41) is 3.24. The van der Waals surface area contributed by atoms with Crippen molar-refractivity contribution in [2.24, 2.45) is 0 Å². The van der Waals surface area contributed by atoms with Gasteiger partial charge in [-0.25, -0.2) is 8.42 Å². The van der Waals surface area contributed by atoms with Gasteiger partial charge in [0.1, 0.15) is 0 Å². The molecule has 1 aliphatic rings. The predicted molar refractivity (Wildman–Crippen MR) is 58.5 cm³/mol. The van der Waals surface area contributed by atoms with Crippen LogP contribution in [-0.4, -0.2) is 26.5 Å². The van der Waals surface area contributed by atoms with Gasteiger partial charge in [-0.1, -0.05) is 0 Å². The van der Waals surface area contributed by atoms with Gasteiger partial charge in [-0.15, -0.1) is 11.3 Å². The average Bonchev–Trinajstić information content (AvgIpc) is 2.50. The Hall–Kier alpha value is -0.390. The number of thiophene rings is 1. The molecule has 0 aromatic carbocycles. The van der Waals surface area contributed by atoms with Crippen molar-refractivity contribution < 1.29 is 8.42 Å². The number of hydrogen-bond acceptors (Lipinski definition) is 4. The standard InChI is InChI=1S/C9H13NO2S2/c1-7-2-3-9(13-7)8-6-14(11,12)5-4-10-8/h2-3,8,10H,4-6H2,1H3. The van der Waals surface area contributed by atoms with E-state index in [-0.39, 0.29) is 17.5 Å². The number of nitrogens with one attached hydrogen (secondary N) is 1. The van der Waals surface area contributed by atoms with Crippen LogP contribution in [0.5, 0.6) is 0 Å². The molecular weight excluding hydrogens is 218 g/mol. The quantitative estimate of drug-likeness (QED) is 0.787. The molecule has 0 amide bonds.